The largest absolute Gasteiger partial charge is 0.423 e. The van der Waals surface area contributed by atoms with Gasteiger partial charge in [-0.1, -0.05) is 12.1 Å². The molecule has 1 aromatic carbocycles. The van der Waals surface area contributed by atoms with Gasteiger partial charge in [0.25, 0.3) is 11.9 Å². The monoisotopic (exact) mass is 339 g/mol. The lowest BCUT2D eigenvalue weighted by atomic mass is 10.3. The van der Waals surface area contributed by atoms with Crippen LogP contribution < -0.4 is 4.90 Å². The number of para-hydroxylation sites is 2. The second-order valence-electron chi connectivity index (χ2n) is 6.18. The normalized spacial score (nSPS) is 15.6. The van der Waals surface area contributed by atoms with Crippen LogP contribution in [0.5, 0.6) is 0 Å². The van der Waals surface area contributed by atoms with E-state index in [2.05, 4.69) is 15.0 Å². The molecule has 1 aliphatic rings. The molecule has 3 aromatic rings. The summed E-state index contributed by atoms with van der Waals surface area (Å²) in [5, 5.41) is 4.19. The Balaban J connectivity index is 1.47. The zero-order valence-electron chi connectivity index (χ0n) is 14.3. The lowest BCUT2D eigenvalue weighted by Crippen LogP contribution is -2.35. The van der Waals surface area contributed by atoms with E-state index in [-0.39, 0.29) is 5.91 Å². The van der Waals surface area contributed by atoms with Crippen LogP contribution >= 0.6 is 0 Å². The molecule has 0 spiro atoms. The number of anilines is 1. The van der Waals surface area contributed by atoms with Crippen LogP contribution in [0.2, 0.25) is 0 Å². The summed E-state index contributed by atoms with van der Waals surface area (Å²) in [6.07, 6.45) is 4.34. The number of nitrogens with zero attached hydrogens (tertiary/aromatic N) is 5. The highest BCUT2D eigenvalue weighted by atomic mass is 16.4. The van der Waals surface area contributed by atoms with Gasteiger partial charge in [-0.05, 0) is 25.5 Å². The first kappa shape index (κ1) is 15.7. The highest BCUT2D eigenvalue weighted by molar-refractivity contribution is 5.93. The van der Waals surface area contributed by atoms with Crippen LogP contribution in [0.1, 0.15) is 23.7 Å². The number of hydrogen-bond acceptors (Lipinski definition) is 5. The second-order valence-corrected chi connectivity index (χ2v) is 6.18. The van der Waals surface area contributed by atoms with Crippen molar-refractivity contribution in [3.63, 3.8) is 0 Å². The van der Waals surface area contributed by atoms with E-state index in [9.17, 15) is 4.79 Å². The molecule has 0 aliphatic carbocycles. The van der Waals surface area contributed by atoms with Crippen molar-refractivity contribution in [1.82, 2.24) is 19.7 Å². The molecule has 7 nitrogen and oxygen atoms in total. The molecule has 25 heavy (non-hydrogen) atoms. The first-order valence-electron chi connectivity index (χ1n) is 8.67. The van der Waals surface area contributed by atoms with Gasteiger partial charge in [0, 0.05) is 38.9 Å². The average Bonchev–Trinajstić information content (AvgIpc) is 3.22. The van der Waals surface area contributed by atoms with Gasteiger partial charge in [-0.25, -0.2) is 0 Å². The maximum Gasteiger partial charge on any atom is 0.298 e. The van der Waals surface area contributed by atoms with Crippen LogP contribution in [0.4, 0.5) is 6.01 Å². The molecule has 1 saturated heterocycles. The SMILES string of the molecule is CCn1cc(C(=O)N2CCCN(c3nc4ccccc4o3)CC2)cn1. The molecular weight excluding hydrogens is 318 g/mol. The molecule has 7 heteroatoms. The van der Waals surface area contributed by atoms with Gasteiger partial charge in [0.1, 0.15) is 5.52 Å². The third kappa shape index (κ3) is 3.09. The Kier molecular flexibility index (Phi) is 4.13. The second kappa shape index (κ2) is 6.58. The standard InChI is InChI=1S/C18H21N5O2/c1-2-23-13-14(12-19-23)17(24)21-8-5-9-22(11-10-21)18-20-15-6-3-4-7-16(15)25-18/h3-4,6-7,12-13H,2,5,8-11H2,1H3. The van der Waals surface area contributed by atoms with Gasteiger partial charge in [0.15, 0.2) is 5.58 Å². The molecule has 0 bridgehead atoms. The van der Waals surface area contributed by atoms with Crippen LogP contribution in [-0.2, 0) is 6.54 Å². The molecule has 0 N–H and O–H groups in total. The van der Waals surface area contributed by atoms with Gasteiger partial charge >= 0.3 is 0 Å². The van der Waals surface area contributed by atoms with Crippen molar-refractivity contribution in [3.05, 3.63) is 42.2 Å². The van der Waals surface area contributed by atoms with Crippen LogP contribution in [0.25, 0.3) is 11.1 Å². The van der Waals surface area contributed by atoms with Crippen molar-refractivity contribution in [2.75, 3.05) is 31.1 Å². The number of hydrogen-bond donors (Lipinski definition) is 0. The maximum absolute atomic E-state index is 12.7. The summed E-state index contributed by atoms with van der Waals surface area (Å²) in [5.41, 5.74) is 2.31. The summed E-state index contributed by atoms with van der Waals surface area (Å²) in [6.45, 7) is 5.68. The first-order chi connectivity index (χ1) is 12.2. The molecule has 0 unspecified atom stereocenters. The van der Waals surface area contributed by atoms with Gasteiger partial charge in [-0.15, -0.1) is 0 Å². The molecule has 0 atom stereocenters. The van der Waals surface area contributed by atoms with Crippen molar-refractivity contribution >= 4 is 23.0 Å². The average molecular weight is 339 g/mol. The van der Waals surface area contributed by atoms with Gasteiger partial charge < -0.3 is 14.2 Å². The van der Waals surface area contributed by atoms with Crippen molar-refractivity contribution < 1.29 is 9.21 Å². The van der Waals surface area contributed by atoms with E-state index in [1.54, 1.807) is 10.9 Å². The number of aromatic nitrogens is 3. The van der Waals surface area contributed by atoms with Crippen LogP contribution in [0, 0.1) is 0 Å². The molecule has 0 saturated carbocycles. The predicted molar refractivity (Wildman–Crippen MR) is 94.6 cm³/mol. The zero-order chi connectivity index (χ0) is 17.2. The molecule has 1 fully saturated rings. The Morgan fingerprint density at radius 3 is 2.88 bits per heavy atom. The molecule has 0 radical (unpaired) electrons. The molecule has 1 aliphatic heterocycles. The van der Waals surface area contributed by atoms with E-state index in [0.29, 0.717) is 24.7 Å². The van der Waals surface area contributed by atoms with Crippen molar-refractivity contribution in [3.8, 4) is 0 Å². The van der Waals surface area contributed by atoms with E-state index >= 15 is 0 Å². The van der Waals surface area contributed by atoms with E-state index in [4.69, 9.17) is 4.42 Å². The molecule has 4 rings (SSSR count). The smallest absolute Gasteiger partial charge is 0.298 e. The van der Waals surface area contributed by atoms with Crippen LogP contribution in [0.3, 0.4) is 0 Å². The fourth-order valence-corrected chi connectivity index (χ4v) is 3.14. The first-order valence-corrected chi connectivity index (χ1v) is 8.67. The number of carbonyl (C=O) groups is 1. The topological polar surface area (TPSA) is 67.4 Å². The van der Waals surface area contributed by atoms with Gasteiger partial charge in [0.2, 0.25) is 0 Å². The minimum absolute atomic E-state index is 0.0408. The molecular formula is C18H21N5O2. The number of oxazole rings is 1. The fraction of sp³-hybridized carbons (Fsp3) is 0.389. The molecule has 2 aromatic heterocycles. The quantitative estimate of drug-likeness (QED) is 0.733. The summed E-state index contributed by atoms with van der Waals surface area (Å²) in [4.78, 5) is 21.2. The summed E-state index contributed by atoms with van der Waals surface area (Å²) in [7, 11) is 0. The van der Waals surface area contributed by atoms with Gasteiger partial charge in [0.05, 0.1) is 11.8 Å². The number of aryl methyl sites for hydroxylation is 1. The number of benzene rings is 1. The maximum atomic E-state index is 12.7. The third-order valence-corrected chi connectivity index (χ3v) is 4.54. The number of carbonyl (C=O) groups excluding carboxylic acids is 1. The summed E-state index contributed by atoms with van der Waals surface area (Å²) in [5.74, 6) is 0.0408. The Morgan fingerprint density at radius 2 is 2.08 bits per heavy atom. The van der Waals surface area contributed by atoms with E-state index in [1.165, 1.54) is 0 Å². The molecule has 1 amide bonds. The minimum Gasteiger partial charge on any atom is -0.423 e. The zero-order valence-corrected chi connectivity index (χ0v) is 14.3. The predicted octanol–water partition coefficient (Wildman–Crippen LogP) is 2.40. The Bertz CT molecular complexity index is 851. The van der Waals surface area contributed by atoms with E-state index in [1.807, 2.05) is 42.3 Å². The molecule has 130 valence electrons. The Morgan fingerprint density at radius 1 is 1.20 bits per heavy atom. The summed E-state index contributed by atoms with van der Waals surface area (Å²) < 4.78 is 7.63. The number of amides is 1. The van der Waals surface area contributed by atoms with Crippen molar-refractivity contribution in [2.45, 2.75) is 19.9 Å². The molecule has 3 heterocycles. The van der Waals surface area contributed by atoms with Gasteiger partial charge in [-0.2, -0.15) is 10.1 Å². The lowest BCUT2D eigenvalue weighted by Gasteiger charge is -2.20. The minimum atomic E-state index is 0.0408. The summed E-state index contributed by atoms with van der Waals surface area (Å²) >= 11 is 0. The van der Waals surface area contributed by atoms with E-state index < -0.39 is 0 Å². The highest BCUT2D eigenvalue weighted by Gasteiger charge is 2.23. The summed E-state index contributed by atoms with van der Waals surface area (Å²) in [6, 6.07) is 8.39. The van der Waals surface area contributed by atoms with Crippen molar-refractivity contribution in [2.24, 2.45) is 0 Å². The fourth-order valence-electron chi connectivity index (χ4n) is 3.14. The Hall–Kier alpha value is -2.83. The Labute approximate surface area is 145 Å². The third-order valence-electron chi connectivity index (χ3n) is 4.54. The van der Waals surface area contributed by atoms with Crippen LogP contribution in [-0.4, -0.2) is 51.8 Å². The van der Waals surface area contributed by atoms with Gasteiger partial charge in [-0.3, -0.25) is 9.48 Å². The van der Waals surface area contributed by atoms with Crippen LogP contribution in [0.15, 0.2) is 41.1 Å². The number of rotatable bonds is 3. The van der Waals surface area contributed by atoms with E-state index in [0.717, 1.165) is 37.2 Å². The highest BCUT2D eigenvalue weighted by Crippen LogP contribution is 2.22. The number of fused-ring (bicyclic) bond motifs is 1. The van der Waals surface area contributed by atoms with Crippen molar-refractivity contribution in [1.29, 1.82) is 0 Å². The lowest BCUT2D eigenvalue weighted by molar-refractivity contribution is 0.0767.